The molecular formula is C14H19Cl2N. The molecule has 2 rings (SSSR count). The van der Waals surface area contributed by atoms with E-state index < -0.39 is 0 Å². The van der Waals surface area contributed by atoms with E-state index in [-0.39, 0.29) is 0 Å². The SMILES string of the molecule is CC1CCNC(CCc2ccc(Cl)c(Cl)c2)C1. The van der Waals surface area contributed by atoms with E-state index in [2.05, 4.69) is 18.3 Å². The smallest absolute Gasteiger partial charge is 0.0595 e. The zero-order valence-electron chi connectivity index (χ0n) is 10.2. The van der Waals surface area contributed by atoms with Gasteiger partial charge >= 0.3 is 0 Å². The molecule has 0 aromatic heterocycles. The van der Waals surface area contributed by atoms with E-state index >= 15 is 0 Å². The second-order valence-corrected chi connectivity index (χ2v) is 5.88. The molecule has 1 N–H and O–H groups in total. The van der Waals surface area contributed by atoms with E-state index in [1.54, 1.807) is 0 Å². The van der Waals surface area contributed by atoms with Crippen LogP contribution < -0.4 is 5.32 Å². The summed E-state index contributed by atoms with van der Waals surface area (Å²) in [5.74, 6) is 0.857. The van der Waals surface area contributed by atoms with E-state index in [4.69, 9.17) is 23.2 Å². The maximum absolute atomic E-state index is 6.01. The molecule has 3 heteroatoms. The van der Waals surface area contributed by atoms with Gasteiger partial charge in [-0.1, -0.05) is 36.2 Å². The number of halogens is 2. The predicted octanol–water partition coefficient (Wildman–Crippen LogP) is 4.31. The first-order valence-corrected chi connectivity index (χ1v) is 7.08. The molecule has 1 aromatic carbocycles. The fourth-order valence-electron chi connectivity index (χ4n) is 2.48. The van der Waals surface area contributed by atoms with E-state index in [0.717, 1.165) is 18.9 Å². The highest BCUT2D eigenvalue weighted by Crippen LogP contribution is 2.24. The number of hydrogen-bond acceptors (Lipinski definition) is 1. The maximum Gasteiger partial charge on any atom is 0.0595 e. The highest BCUT2D eigenvalue weighted by molar-refractivity contribution is 6.42. The highest BCUT2D eigenvalue weighted by Gasteiger charge is 2.17. The standard InChI is InChI=1S/C14H19Cl2N/c1-10-6-7-17-12(8-10)4-2-11-3-5-13(15)14(16)9-11/h3,5,9-10,12,17H,2,4,6-8H2,1H3. The minimum atomic E-state index is 0.639. The van der Waals surface area contributed by atoms with Crippen molar-refractivity contribution in [2.24, 2.45) is 5.92 Å². The van der Waals surface area contributed by atoms with Gasteiger partial charge in [-0.25, -0.2) is 0 Å². The molecule has 0 saturated carbocycles. The van der Waals surface area contributed by atoms with Gasteiger partial charge in [0.15, 0.2) is 0 Å². The second kappa shape index (κ2) is 6.08. The Morgan fingerprint density at radius 2 is 2.12 bits per heavy atom. The molecule has 1 aliphatic heterocycles. The molecule has 1 fully saturated rings. The lowest BCUT2D eigenvalue weighted by Crippen LogP contribution is -2.37. The summed E-state index contributed by atoms with van der Waals surface area (Å²) < 4.78 is 0. The number of aryl methyl sites for hydroxylation is 1. The monoisotopic (exact) mass is 271 g/mol. The van der Waals surface area contributed by atoms with Crippen molar-refractivity contribution >= 4 is 23.2 Å². The summed E-state index contributed by atoms with van der Waals surface area (Å²) >= 11 is 11.9. The van der Waals surface area contributed by atoms with Crippen LogP contribution >= 0.6 is 23.2 Å². The largest absolute Gasteiger partial charge is 0.314 e. The fourth-order valence-corrected chi connectivity index (χ4v) is 2.80. The Bertz CT molecular complexity index is 378. The van der Waals surface area contributed by atoms with Gasteiger partial charge in [-0.15, -0.1) is 0 Å². The van der Waals surface area contributed by atoms with Gasteiger partial charge < -0.3 is 5.32 Å². The van der Waals surface area contributed by atoms with Gasteiger partial charge in [0.05, 0.1) is 10.0 Å². The third-order valence-electron chi connectivity index (χ3n) is 3.52. The van der Waals surface area contributed by atoms with Crippen LogP contribution in [-0.2, 0) is 6.42 Å². The third kappa shape index (κ3) is 3.87. The Balaban J connectivity index is 1.86. The third-order valence-corrected chi connectivity index (χ3v) is 4.26. The Kier molecular flexibility index (Phi) is 4.72. The van der Waals surface area contributed by atoms with Crippen LogP contribution in [0.5, 0.6) is 0 Å². The Hall–Kier alpha value is -0.240. The molecule has 94 valence electrons. The van der Waals surface area contributed by atoms with Crippen LogP contribution in [0.1, 0.15) is 31.7 Å². The summed E-state index contributed by atoms with van der Waals surface area (Å²) in [6.07, 6.45) is 4.86. The van der Waals surface area contributed by atoms with Gasteiger partial charge in [0.25, 0.3) is 0 Å². The van der Waals surface area contributed by atoms with Crippen LogP contribution in [0.15, 0.2) is 18.2 Å². The molecule has 0 amide bonds. The van der Waals surface area contributed by atoms with Crippen molar-refractivity contribution in [1.82, 2.24) is 5.32 Å². The summed E-state index contributed by atoms with van der Waals surface area (Å²) in [7, 11) is 0. The lowest BCUT2D eigenvalue weighted by atomic mass is 9.91. The maximum atomic E-state index is 6.01. The van der Waals surface area contributed by atoms with Crippen molar-refractivity contribution in [1.29, 1.82) is 0 Å². The number of benzene rings is 1. The minimum Gasteiger partial charge on any atom is -0.314 e. The molecule has 0 spiro atoms. The Morgan fingerprint density at radius 3 is 2.82 bits per heavy atom. The van der Waals surface area contributed by atoms with Gasteiger partial charge in [-0.05, 0) is 55.8 Å². The molecule has 2 unspecified atom stereocenters. The molecule has 0 radical (unpaired) electrons. The molecule has 1 aliphatic rings. The molecule has 1 heterocycles. The van der Waals surface area contributed by atoms with Crippen LogP contribution in [0.3, 0.4) is 0 Å². The summed E-state index contributed by atoms with van der Waals surface area (Å²) in [4.78, 5) is 0. The average Bonchev–Trinajstić information content (AvgIpc) is 2.31. The first-order valence-electron chi connectivity index (χ1n) is 6.32. The van der Waals surface area contributed by atoms with Crippen molar-refractivity contribution in [2.75, 3.05) is 6.54 Å². The zero-order valence-corrected chi connectivity index (χ0v) is 11.7. The number of rotatable bonds is 3. The number of piperidine rings is 1. The molecule has 0 aliphatic carbocycles. The minimum absolute atomic E-state index is 0.639. The molecule has 1 saturated heterocycles. The lowest BCUT2D eigenvalue weighted by Gasteiger charge is -2.28. The highest BCUT2D eigenvalue weighted by atomic mass is 35.5. The quantitative estimate of drug-likeness (QED) is 0.864. The first-order chi connectivity index (χ1) is 8.15. The molecule has 0 bridgehead atoms. The van der Waals surface area contributed by atoms with Crippen LogP contribution in [0, 0.1) is 5.92 Å². The van der Waals surface area contributed by atoms with Crippen LogP contribution in [0.2, 0.25) is 10.0 Å². The zero-order chi connectivity index (χ0) is 12.3. The second-order valence-electron chi connectivity index (χ2n) is 5.07. The van der Waals surface area contributed by atoms with Gasteiger partial charge in [0, 0.05) is 6.04 Å². The van der Waals surface area contributed by atoms with E-state index in [9.17, 15) is 0 Å². The Morgan fingerprint density at radius 1 is 1.29 bits per heavy atom. The van der Waals surface area contributed by atoms with Crippen molar-refractivity contribution in [2.45, 2.75) is 38.6 Å². The van der Waals surface area contributed by atoms with E-state index in [1.165, 1.54) is 24.8 Å². The van der Waals surface area contributed by atoms with Crippen LogP contribution in [0.25, 0.3) is 0 Å². The van der Waals surface area contributed by atoms with Gasteiger partial charge in [-0.2, -0.15) is 0 Å². The summed E-state index contributed by atoms with van der Waals surface area (Å²) in [5.41, 5.74) is 1.28. The predicted molar refractivity (Wildman–Crippen MR) is 75.0 cm³/mol. The van der Waals surface area contributed by atoms with E-state index in [1.807, 2.05) is 12.1 Å². The molecule has 2 atom stereocenters. The fraction of sp³-hybridized carbons (Fsp3) is 0.571. The lowest BCUT2D eigenvalue weighted by molar-refractivity contribution is 0.308. The summed E-state index contributed by atoms with van der Waals surface area (Å²) in [6.45, 7) is 3.50. The van der Waals surface area contributed by atoms with Gasteiger partial charge in [-0.3, -0.25) is 0 Å². The first kappa shape index (κ1) is 13.2. The topological polar surface area (TPSA) is 12.0 Å². The summed E-state index contributed by atoms with van der Waals surface area (Å²) in [6, 6.07) is 6.60. The van der Waals surface area contributed by atoms with Crippen molar-refractivity contribution in [3.63, 3.8) is 0 Å². The molecular weight excluding hydrogens is 253 g/mol. The van der Waals surface area contributed by atoms with Gasteiger partial charge in [0.1, 0.15) is 0 Å². The molecule has 1 aromatic rings. The molecule has 17 heavy (non-hydrogen) atoms. The van der Waals surface area contributed by atoms with Crippen molar-refractivity contribution in [3.05, 3.63) is 33.8 Å². The number of nitrogens with one attached hydrogen (secondary N) is 1. The normalized spacial score (nSPS) is 24.9. The summed E-state index contributed by atoms with van der Waals surface area (Å²) in [5, 5.41) is 4.89. The van der Waals surface area contributed by atoms with Crippen molar-refractivity contribution < 1.29 is 0 Å². The van der Waals surface area contributed by atoms with Crippen molar-refractivity contribution in [3.8, 4) is 0 Å². The average molecular weight is 272 g/mol. The number of hydrogen-bond donors (Lipinski definition) is 1. The van der Waals surface area contributed by atoms with E-state index in [0.29, 0.717) is 16.1 Å². The van der Waals surface area contributed by atoms with Gasteiger partial charge in [0.2, 0.25) is 0 Å². The Labute approximate surface area is 114 Å². The van der Waals surface area contributed by atoms with Crippen LogP contribution in [0.4, 0.5) is 0 Å². The molecule has 1 nitrogen and oxygen atoms in total. The van der Waals surface area contributed by atoms with Crippen LogP contribution in [-0.4, -0.2) is 12.6 Å².